The number of nitrogens with zero attached hydrogens (tertiary/aromatic N) is 1. The lowest BCUT2D eigenvalue weighted by molar-refractivity contribution is -0.131. The number of carbonyl (C=O) groups is 1. The molecule has 0 radical (unpaired) electrons. The maximum Gasteiger partial charge on any atom is 0.327 e. The Morgan fingerprint density at radius 1 is 1.27 bits per heavy atom. The highest BCUT2D eigenvalue weighted by Gasteiger charge is 2.06. The number of allylic oxidation sites excluding steroid dienone is 5. The number of hydrogen-bond acceptors (Lipinski definition) is 2. The molecule has 124 valence electrons. The predicted octanol–water partition coefficient (Wildman–Crippen LogP) is 4.42. The van der Waals surface area contributed by atoms with Crippen molar-refractivity contribution in [3.63, 3.8) is 0 Å². The lowest BCUT2D eigenvalue weighted by Crippen LogP contribution is -2.23. The SMILES string of the molecule is CCN(CC)CCCCCCC1=CCC(C=CC(=O)O)C=C1. The third-order valence-electron chi connectivity index (χ3n) is 4.28. The van der Waals surface area contributed by atoms with Crippen LogP contribution in [-0.2, 0) is 4.79 Å². The summed E-state index contributed by atoms with van der Waals surface area (Å²) in [5, 5.41) is 8.62. The van der Waals surface area contributed by atoms with Gasteiger partial charge < -0.3 is 10.0 Å². The Morgan fingerprint density at radius 3 is 2.59 bits per heavy atom. The number of carboxylic acid groups (broad SMARTS) is 1. The minimum Gasteiger partial charge on any atom is -0.478 e. The molecule has 1 aliphatic rings. The number of carboxylic acids is 1. The van der Waals surface area contributed by atoms with Crippen LogP contribution in [0.25, 0.3) is 0 Å². The van der Waals surface area contributed by atoms with Crippen LogP contribution in [0.15, 0.2) is 36.0 Å². The van der Waals surface area contributed by atoms with Gasteiger partial charge in [-0.2, -0.15) is 0 Å². The van der Waals surface area contributed by atoms with Crippen LogP contribution in [0.3, 0.4) is 0 Å². The van der Waals surface area contributed by atoms with Gasteiger partial charge in [-0.3, -0.25) is 0 Å². The van der Waals surface area contributed by atoms with Gasteiger partial charge in [0.25, 0.3) is 0 Å². The lowest BCUT2D eigenvalue weighted by Gasteiger charge is -2.17. The number of hydrogen-bond donors (Lipinski definition) is 1. The van der Waals surface area contributed by atoms with E-state index < -0.39 is 5.97 Å². The molecular formula is C19H31NO2. The molecule has 0 saturated carbocycles. The van der Waals surface area contributed by atoms with Crippen LogP contribution < -0.4 is 0 Å². The normalized spacial score (nSPS) is 18.1. The number of rotatable bonds is 11. The van der Waals surface area contributed by atoms with Gasteiger partial charge in [0.2, 0.25) is 0 Å². The zero-order chi connectivity index (χ0) is 16.2. The summed E-state index contributed by atoms with van der Waals surface area (Å²) in [6.45, 7) is 8.00. The number of unbranched alkanes of at least 4 members (excludes halogenated alkanes) is 3. The van der Waals surface area contributed by atoms with Gasteiger partial charge in [0.15, 0.2) is 0 Å². The van der Waals surface area contributed by atoms with Crippen molar-refractivity contribution in [3.8, 4) is 0 Å². The zero-order valence-electron chi connectivity index (χ0n) is 14.1. The van der Waals surface area contributed by atoms with Crippen LogP contribution in [0.1, 0.15) is 52.4 Å². The maximum atomic E-state index is 10.5. The summed E-state index contributed by atoms with van der Waals surface area (Å²) in [6.07, 6.45) is 16.8. The van der Waals surface area contributed by atoms with E-state index in [2.05, 4.69) is 37.0 Å². The summed E-state index contributed by atoms with van der Waals surface area (Å²) in [5.74, 6) is -0.623. The molecule has 0 bridgehead atoms. The van der Waals surface area contributed by atoms with E-state index in [1.165, 1.54) is 43.9 Å². The van der Waals surface area contributed by atoms with Gasteiger partial charge in [-0.15, -0.1) is 0 Å². The standard InChI is InChI=1S/C19H31NO2/c1-3-20(4-2)16-8-6-5-7-9-17-10-12-18(13-11-17)14-15-19(21)22/h10-12,14-15,18H,3-9,13,16H2,1-2H3,(H,21,22). The molecule has 1 unspecified atom stereocenters. The zero-order valence-corrected chi connectivity index (χ0v) is 14.1. The second kappa shape index (κ2) is 11.2. The van der Waals surface area contributed by atoms with Crippen molar-refractivity contribution in [1.29, 1.82) is 0 Å². The number of aliphatic carboxylic acids is 1. The Morgan fingerprint density at radius 2 is 2.00 bits per heavy atom. The van der Waals surface area contributed by atoms with E-state index in [-0.39, 0.29) is 5.92 Å². The maximum absolute atomic E-state index is 10.5. The molecule has 0 amide bonds. The van der Waals surface area contributed by atoms with Crippen LogP contribution in [0.4, 0.5) is 0 Å². The first kappa shape index (κ1) is 18.7. The highest BCUT2D eigenvalue weighted by Crippen LogP contribution is 2.21. The van der Waals surface area contributed by atoms with Gasteiger partial charge in [-0.1, -0.05) is 56.6 Å². The third-order valence-corrected chi connectivity index (χ3v) is 4.28. The Hall–Kier alpha value is -1.35. The summed E-state index contributed by atoms with van der Waals surface area (Å²) < 4.78 is 0. The van der Waals surface area contributed by atoms with Gasteiger partial charge in [0.05, 0.1) is 0 Å². The predicted molar refractivity (Wildman–Crippen MR) is 93.0 cm³/mol. The van der Waals surface area contributed by atoms with E-state index in [1.807, 2.05) is 0 Å². The molecule has 0 aromatic heterocycles. The quantitative estimate of drug-likeness (QED) is 0.454. The van der Waals surface area contributed by atoms with Crippen LogP contribution in [-0.4, -0.2) is 35.6 Å². The molecule has 0 aliphatic heterocycles. The summed E-state index contributed by atoms with van der Waals surface area (Å²) in [7, 11) is 0. The van der Waals surface area contributed by atoms with Crippen molar-refractivity contribution in [2.45, 2.75) is 52.4 Å². The van der Waals surface area contributed by atoms with E-state index >= 15 is 0 Å². The van der Waals surface area contributed by atoms with E-state index in [4.69, 9.17) is 5.11 Å². The van der Waals surface area contributed by atoms with Crippen LogP contribution in [0, 0.1) is 5.92 Å². The van der Waals surface area contributed by atoms with E-state index in [9.17, 15) is 4.79 Å². The molecule has 3 heteroatoms. The molecule has 22 heavy (non-hydrogen) atoms. The highest BCUT2D eigenvalue weighted by atomic mass is 16.4. The highest BCUT2D eigenvalue weighted by molar-refractivity contribution is 5.79. The molecule has 0 fully saturated rings. The topological polar surface area (TPSA) is 40.5 Å². The first-order chi connectivity index (χ1) is 10.7. The van der Waals surface area contributed by atoms with Crippen molar-refractivity contribution >= 4 is 5.97 Å². The summed E-state index contributed by atoms with van der Waals surface area (Å²) in [6, 6.07) is 0. The monoisotopic (exact) mass is 305 g/mol. The van der Waals surface area contributed by atoms with Gasteiger partial charge in [-0.05, 0) is 51.2 Å². The van der Waals surface area contributed by atoms with Crippen LogP contribution in [0.5, 0.6) is 0 Å². The Labute approximate surface area is 135 Å². The van der Waals surface area contributed by atoms with Crippen LogP contribution >= 0.6 is 0 Å². The summed E-state index contributed by atoms with van der Waals surface area (Å²) >= 11 is 0. The lowest BCUT2D eigenvalue weighted by atomic mass is 9.93. The van der Waals surface area contributed by atoms with Crippen LogP contribution in [0.2, 0.25) is 0 Å². The molecule has 0 aromatic rings. The Kier molecular flexibility index (Phi) is 9.56. The van der Waals surface area contributed by atoms with Gasteiger partial charge >= 0.3 is 5.97 Å². The fourth-order valence-electron chi connectivity index (χ4n) is 2.77. The van der Waals surface area contributed by atoms with E-state index in [0.717, 1.165) is 25.9 Å². The van der Waals surface area contributed by atoms with Crippen molar-refractivity contribution in [2.24, 2.45) is 5.92 Å². The largest absolute Gasteiger partial charge is 0.478 e. The van der Waals surface area contributed by atoms with Gasteiger partial charge in [0.1, 0.15) is 0 Å². The molecule has 3 nitrogen and oxygen atoms in total. The molecule has 1 N–H and O–H groups in total. The van der Waals surface area contributed by atoms with Gasteiger partial charge in [0, 0.05) is 6.08 Å². The molecule has 1 rings (SSSR count). The fourth-order valence-corrected chi connectivity index (χ4v) is 2.77. The smallest absolute Gasteiger partial charge is 0.327 e. The van der Waals surface area contributed by atoms with Crippen molar-refractivity contribution in [2.75, 3.05) is 19.6 Å². The van der Waals surface area contributed by atoms with Crippen molar-refractivity contribution < 1.29 is 9.90 Å². The molecule has 0 spiro atoms. The van der Waals surface area contributed by atoms with Crippen molar-refractivity contribution in [1.82, 2.24) is 4.90 Å². The molecule has 0 heterocycles. The second-order valence-electron chi connectivity index (χ2n) is 5.93. The Balaban J connectivity index is 2.09. The fraction of sp³-hybridized carbons (Fsp3) is 0.632. The third kappa shape index (κ3) is 8.18. The minimum atomic E-state index is -0.868. The van der Waals surface area contributed by atoms with Gasteiger partial charge in [-0.25, -0.2) is 4.79 Å². The molecule has 0 aromatic carbocycles. The Bertz CT molecular complexity index is 406. The molecule has 1 aliphatic carbocycles. The first-order valence-corrected chi connectivity index (χ1v) is 8.66. The molecule has 1 atom stereocenters. The molecule has 0 saturated heterocycles. The first-order valence-electron chi connectivity index (χ1n) is 8.66. The summed E-state index contributed by atoms with van der Waals surface area (Å²) in [4.78, 5) is 13.0. The summed E-state index contributed by atoms with van der Waals surface area (Å²) in [5.41, 5.74) is 1.41. The van der Waals surface area contributed by atoms with E-state index in [1.54, 1.807) is 6.08 Å². The minimum absolute atomic E-state index is 0.244. The van der Waals surface area contributed by atoms with Crippen molar-refractivity contribution in [3.05, 3.63) is 36.0 Å². The molecular weight excluding hydrogens is 274 g/mol. The average molecular weight is 305 g/mol. The second-order valence-corrected chi connectivity index (χ2v) is 5.93. The van der Waals surface area contributed by atoms with E-state index in [0.29, 0.717) is 0 Å². The average Bonchev–Trinajstić information content (AvgIpc) is 2.53.